The fourth-order valence-corrected chi connectivity index (χ4v) is 0.711. The summed E-state index contributed by atoms with van der Waals surface area (Å²) in [5.41, 5.74) is 2.11. The maximum atomic E-state index is 10.8. The zero-order valence-electron chi connectivity index (χ0n) is 7.49. The van der Waals surface area contributed by atoms with E-state index in [4.69, 9.17) is 0 Å². The largest absolute Gasteiger partial charge is 0.295 e. The van der Waals surface area contributed by atoms with E-state index >= 15 is 0 Å². The van der Waals surface area contributed by atoms with E-state index in [9.17, 15) is 4.79 Å². The van der Waals surface area contributed by atoms with Crippen LogP contribution in [-0.2, 0) is 4.79 Å². The predicted octanol–water partition coefficient (Wildman–Crippen LogP) is 2.57. The summed E-state index contributed by atoms with van der Waals surface area (Å²) in [4.78, 5) is 10.8. The highest BCUT2D eigenvalue weighted by molar-refractivity contribution is 5.93. The van der Waals surface area contributed by atoms with E-state index in [0.29, 0.717) is 5.92 Å². The Morgan fingerprint density at radius 2 is 1.50 bits per heavy atom. The molecular weight excluding hydrogens is 124 g/mol. The molecule has 0 aromatic carbocycles. The van der Waals surface area contributed by atoms with Crippen molar-refractivity contribution in [2.24, 2.45) is 5.92 Å². The first kappa shape index (κ1) is 9.41. The molecule has 10 heavy (non-hydrogen) atoms. The standard InChI is InChI=1S/C9H16O/c1-6(2)7(3)8(4)9(5)10/h6H,1-5H3/b8-7-. The number of allylic oxidation sites excluding steroid dienone is 2. The van der Waals surface area contributed by atoms with Crippen LogP contribution in [0.4, 0.5) is 0 Å². The first-order valence-electron chi connectivity index (χ1n) is 3.65. The molecule has 1 heteroatoms. The van der Waals surface area contributed by atoms with Gasteiger partial charge in [-0.3, -0.25) is 4.79 Å². The molecule has 0 aromatic heterocycles. The van der Waals surface area contributed by atoms with Crippen molar-refractivity contribution in [3.8, 4) is 0 Å². The third kappa shape index (κ3) is 2.34. The molecule has 0 unspecified atom stereocenters. The van der Waals surface area contributed by atoms with E-state index in [1.807, 2.05) is 13.8 Å². The number of hydrogen-bond acceptors (Lipinski definition) is 1. The van der Waals surface area contributed by atoms with Gasteiger partial charge in [-0.25, -0.2) is 0 Å². The van der Waals surface area contributed by atoms with Crippen molar-refractivity contribution in [2.45, 2.75) is 34.6 Å². The predicted molar refractivity (Wildman–Crippen MR) is 43.9 cm³/mol. The number of carbonyl (C=O) groups is 1. The van der Waals surface area contributed by atoms with E-state index in [-0.39, 0.29) is 5.78 Å². The average molecular weight is 140 g/mol. The Morgan fingerprint density at radius 1 is 1.10 bits per heavy atom. The first-order valence-corrected chi connectivity index (χ1v) is 3.65. The van der Waals surface area contributed by atoms with Crippen LogP contribution in [0.15, 0.2) is 11.1 Å². The highest BCUT2D eigenvalue weighted by atomic mass is 16.1. The lowest BCUT2D eigenvalue weighted by Gasteiger charge is -2.07. The molecule has 0 radical (unpaired) electrons. The summed E-state index contributed by atoms with van der Waals surface area (Å²) in [5.74, 6) is 0.676. The van der Waals surface area contributed by atoms with Gasteiger partial charge in [-0.2, -0.15) is 0 Å². The zero-order valence-corrected chi connectivity index (χ0v) is 7.49. The molecule has 0 N–H and O–H groups in total. The van der Waals surface area contributed by atoms with Crippen molar-refractivity contribution in [1.82, 2.24) is 0 Å². The molecule has 0 fully saturated rings. The number of ketones is 1. The normalized spacial score (nSPS) is 13.4. The second-order valence-corrected chi connectivity index (χ2v) is 3.02. The summed E-state index contributed by atoms with van der Waals surface area (Å²) in [7, 11) is 0. The third-order valence-electron chi connectivity index (χ3n) is 1.99. The van der Waals surface area contributed by atoms with Gasteiger partial charge in [-0.15, -0.1) is 0 Å². The molecule has 0 aliphatic rings. The van der Waals surface area contributed by atoms with Crippen LogP contribution < -0.4 is 0 Å². The van der Waals surface area contributed by atoms with Gasteiger partial charge in [-0.05, 0) is 32.3 Å². The number of carbonyl (C=O) groups excluding carboxylic acids is 1. The quantitative estimate of drug-likeness (QED) is 0.539. The van der Waals surface area contributed by atoms with Crippen molar-refractivity contribution in [3.05, 3.63) is 11.1 Å². The molecule has 0 amide bonds. The van der Waals surface area contributed by atoms with Gasteiger partial charge in [0.15, 0.2) is 5.78 Å². The number of Topliss-reactive ketones (excluding diaryl/α,β-unsaturated/α-hetero) is 1. The van der Waals surface area contributed by atoms with Crippen molar-refractivity contribution in [1.29, 1.82) is 0 Å². The Hall–Kier alpha value is -0.590. The third-order valence-corrected chi connectivity index (χ3v) is 1.99. The molecule has 58 valence electrons. The Balaban J connectivity index is 4.50. The maximum absolute atomic E-state index is 10.8. The van der Waals surface area contributed by atoms with Crippen LogP contribution in [-0.4, -0.2) is 5.78 Å². The van der Waals surface area contributed by atoms with E-state index < -0.39 is 0 Å². The van der Waals surface area contributed by atoms with E-state index in [1.54, 1.807) is 6.92 Å². The molecular formula is C9H16O. The first-order chi connectivity index (χ1) is 4.46. The summed E-state index contributed by atoms with van der Waals surface area (Å²) in [6.07, 6.45) is 0. The van der Waals surface area contributed by atoms with Gasteiger partial charge in [0, 0.05) is 0 Å². The summed E-state index contributed by atoms with van der Waals surface area (Å²) < 4.78 is 0. The molecule has 0 aromatic rings. The molecule has 1 nitrogen and oxygen atoms in total. The molecule has 0 saturated carbocycles. The van der Waals surface area contributed by atoms with Crippen LogP contribution >= 0.6 is 0 Å². The summed E-state index contributed by atoms with van der Waals surface area (Å²) >= 11 is 0. The Bertz CT molecular complexity index is 164. The lowest BCUT2D eigenvalue weighted by molar-refractivity contribution is -0.113. The minimum atomic E-state index is 0.186. The van der Waals surface area contributed by atoms with Gasteiger partial charge in [0.1, 0.15) is 0 Å². The van der Waals surface area contributed by atoms with Gasteiger partial charge in [0.2, 0.25) is 0 Å². The van der Waals surface area contributed by atoms with Crippen LogP contribution in [0.3, 0.4) is 0 Å². The van der Waals surface area contributed by atoms with Crippen molar-refractivity contribution in [2.75, 3.05) is 0 Å². The van der Waals surface area contributed by atoms with Crippen LogP contribution in [0, 0.1) is 5.92 Å². The zero-order chi connectivity index (χ0) is 8.31. The van der Waals surface area contributed by atoms with Crippen LogP contribution in [0.2, 0.25) is 0 Å². The Morgan fingerprint density at radius 3 is 1.60 bits per heavy atom. The number of rotatable bonds is 2. The molecule has 0 bridgehead atoms. The van der Waals surface area contributed by atoms with Gasteiger partial charge in [-0.1, -0.05) is 19.4 Å². The molecule has 0 saturated heterocycles. The summed E-state index contributed by atoms with van der Waals surface area (Å²) in [5, 5.41) is 0. The van der Waals surface area contributed by atoms with Gasteiger partial charge < -0.3 is 0 Å². The van der Waals surface area contributed by atoms with Crippen LogP contribution in [0.25, 0.3) is 0 Å². The molecule has 0 aliphatic heterocycles. The highest BCUT2D eigenvalue weighted by Gasteiger charge is 2.04. The highest BCUT2D eigenvalue weighted by Crippen LogP contribution is 2.13. The fourth-order valence-electron chi connectivity index (χ4n) is 0.711. The van der Waals surface area contributed by atoms with Crippen molar-refractivity contribution in [3.63, 3.8) is 0 Å². The lowest BCUT2D eigenvalue weighted by Crippen LogP contribution is -2.00. The van der Waals surface area contributed by atoms with Crippen molar-refractivity contribution >= 4 is 5.78 Å². The van der Waals surface area contributed by atoms with Crippen molar-refractivity contribution < 1.29 is 4.79 Å². The van der Waals surface area contributed by atoms with E-state index in [2.05, 4.69) is 13.8 Å². The average Bonchev–Trinajstić information content (AvgIpc) is 1.84. The molecule has 0 spiro atoms. The Kier molecular flexibility index (Phi) is 3.34. The van der Waals surface area contributed by atoms with Gasteiger partial charge in [0.05, 0.1) is 0 Å². The molecule has 0 heterocycles. The number of hydrogen-bond donors (Lipinski definition) is 0. The lowest BCUT2D eigenvalue weighted by atomic mass is 9.98. The molecule has 0 rings (SSSR count). The SMILES string of the molecule is CC(=O)/C(C)=C(/C)C(C)C. The van der Waals surface area contributed by atoms with E-state index in [1.165, 1.54) is 5.57 Å². The maximum Gasteiger partial charge on any atom is 0.155 e. The minimum Gasteiger partial charge on any atom is -0.295 e. The molecule has 0 atom stereocenters. The monoisotopic (exact) mass is 140 g/mol. The van der Waals surface area contributed by atoms with E-state index in [0.717, 1.165) is 5.57 Å². The van der Waals surface area contributed by atoms with Gasteiger partial charge in [0.25, 0.3) is 0 Å². The second kappa shape index (κ2) is 3.55. The van der Waals surface area contributed by atoms with Gasteiger partial charge >= 0.3 is 0 Å². The second-order valence-electron chi connectivity index (χ2n) is 3.02. The fraction of sp³-hybridized carbons (Fsp3) is 0.667. The summed E-state index contributed by atoms with van der Waals surface area (Å²) in [6.45, 7) is 9.71. The topological polar surface area (TPSA) is 17.1 Å². The minimum absolute atomic E-state index is 0.186. The smallest absolute Gasteiger partial charge is 0.155 e. The molecule has 0 aliphatic carbocycles. The van der Waals surface area contributed by atoms with Crippen LogP contribution in [0.1, 0.15) is 34.6 Å². The van der Waals surface area contributed by atoms with Crippen LogP contribution in [0.5, 0.6) is 0 Å². The Labute approximate surface area is 63.1 Å². The summed E-state index contributed by atoms with van der Waals surface area (Å²) in [6, 6.07) is 0.